The van der Waals surface area contributed by atoms with Crippen LogP contribution < -0.4 is 44.1 Å². The van der Waals surface area contributed by atoms with Crippen LogP contribution in [-0.2, 0) is 25.4 Å². The Morgan fingerprint density at radius 1 is 0.892 bits per heavy atom. The van der Waals surface area contributed by atoms with Crippen LogP contribution in [0.4, 0.5) is 0 Å². The van der Waals surface area contributed by atoms with Gasteiger partial charge in [0.15, 0.2) is 17.8 Å². The second kappa shape index (κ2) is 14.3. The molecule has 204 valence electrons. The van der Waals surface area contributed by atoms with E-state index in [1.54, 1.807) is 6.07 Å². The largest absolute Gasteiger partial charge is 1.00 e. The maximum Gasteiger partial charge on any atom is 1.00 e. The van der Waals surface area contributed by atoms with E-state index in [4.69, 9.17) is 23.7 Å². The van der Waals surface area contributed by atoms with E-state index in [1.807, 2.05) is 0 Å². The van der Waals surface area contributed by atoms with E-state index < -0.39 is 80.6 Å². The van der Waals surface area contributed by atoms with Gasteiger partial charge in [0.1, 0.15) is 48.8 Å². The van der Waals surface area contributed by atoms with Crippen LogP contribution in [0.15, 0.2) is 18.2 Å². The summed E-state index contributed by atoms with van der Waals surface area (Å²) in [5.74, 6) is -0.926. The molecule has 1 aromatic carbocycles. The standard InChI is InChI=1S/C22H32O14.Na/c1-32-11-6-9(3-5-14(25)26)2-4-10(11)33-21-19(31)17(29)20(13(8-24)35-21)36-22-18(30)16(28)15(27)12(7-23)34-22;/h2,4,6,12-13,15-24,27-31H,3,5,7-8H2,1H3,(H,25,26);/q;+1/p-1/t12-,13-,15+,16+,17-,18-,19-,20-,21-,22+;/m1./s1. The molecule has 1 aromatic rings. The van der Waals surface area contributed by atoms with Gasteiger partial charge in [-0.3, -0.25) is 0 Å². The molecule has 7 N–H and O–H groups in total. The zero-order chi connectivity index (χ0) is 26.6. The number of aliphatic hydroxyl groups excluding tert-OH is 7. The van der Waals surface area contributed by atoms with Gasteiger partial charge in [-0.25, -0.2) is 0 Å². The van der Waals surface area contributed by atoms with Crippen molar-refractivity contribution in [2.24, 2.45) is 0 Å². The van der Waals surface area contributed by atoms with E-state index in [0.29, 0.717) is 5.56 Å². The molecule has 2 saturated heterocycles. The molecule has 0 saturated carbocycles. The number of rotatable bonds is 10. The van der Waals surface area contributed by atoms with Gasteiger partial charge >= 0.3 is 29.6 Å². The van der Waals surface area contributed by atoms with E-state index in [-0.39, 0.29) is 53.9 Å². The number of carboxylic acid groups (broad SMARTS) is 1. The summed E-state index contributed by atoms with van der Waals surface area (Å²) in [4.78, 5) is 10.7. The van der Waals surface area contributed by atoms with Gasteiger partial charge in [-0.2, -0.15) is 0 Å². The van der Waals surface area contributed by atoms with Crippen LogP contribution in [-0.4, -0.2) is 123 Å². The van der Waals surface area contributed by atoms with Crippen molar-refractivity contribution in [2.75, 3.05) is 20.3 Å². The van der Waals surface area contributed by atoms with Crippen LogP contribution >= 0.6 is 0 Å². The summed E-state index contributed by atoms with van der Waals surface area (Å²) in [7, 11) is 1.35. The van der Waals surface area contributed by atoms with Crippen molar-refractivity contribution >= 4 is 5.97 Å². The number of aliphatic carboxylic acids is 1. The van der Waals surface area contributed by atoms with Crippen molar-refractivity contribution in [1.82, 2.24) is 0 Å². The number of methoxy groups -OCH3 is 1. The molecular formula is C22H31NaO14. The van der Waals surface area contributed by atoms with Crippen molar-refractivity contribution in [3.63, 3.8) is 0 Å². The van der Waals surface area contributed by atoms with Crippen LogP contribution in [0.1, 0.15) is 12.0 Å². The molecule has 10 atom stereocenters. The van der Waals surface area contributed by atoms with Crippen molar-refractivity contribution in [3.8, 4) is 11.5 Å². The molecule has 14 nitrogen and oxygen atoms in total. The van der Waals surface area contributed by atoms with Crippen molar-refractivity contribution in [3.05, 3.63) is 23.8 Å². The normalized spacial score (nSPS) is 35.9. The molecule has 2 fully saturated rings. The fraction of sp³-hybridized carbons (Fsp3) is 0.682. The summed E-state index contributed by atoms with van der Waals surface area (Å²) < 4.78 is 27.2. The minimum atomic E-state index is -1.78. The van der Waals surface area contributed by atoms with Crippen molar-refractivity contribution < 1.29 is 98.9 Å². The average molecular weight is 542 g/mol. The average Bonchev–Trinajstić information content (AvgIpc) is 2.87. The third kappa shape index (κ3) is 7.51. The fourth-order valence-corrected chi connectivity index (χ4v) is 3.99. The number of carboxylic acids is 1. The number of carbonyl (C=O) groups is 1. The van der Waals surface area contributed by atoms with Crippen molar-refractivity contribution in [1.29, 1.82) is 0 Å². The molecule has 0 amide bonds. The number of aryl methyl sites for hydroxylation is 1. The number of benzene rings is 1. The van der Waals surface area contributed by atoms with Crippen LogP contribution in [0, 0.1) is 0 Å². The molecule has 2 aliphatic rings. The Morgan fingerprint density at radius 2 is 1.51 bits per heavy atom. The minimum Gasteiger partial charge on any atom is -0.550 e. The van der Waals surface area contributed by atoms with Gasteiger partial charge in [0.2, 0.25) is 6.29 Å². The molecular weight excluding hydrogens is 511 g/mol. The van der Waals surface area contributed by atoms with E-state index in [1.165, 1.54) is 19.2 Å². The summed E-state index contributed by atoms with van der Waals surface area (Å²) in [5.41, 5.74) is 0.620. The second-order valence-corrected chi connectivity index (χ2v) is 8.48. The molecule has 37 heavy (non-hydrogen) atoms. The van der Waals surface area contributed by atoms with Gasteiger partial charge in [-0.15, -0.1) is 0 Å². The van der Waals surface area contributed by atoms with Crippen molar-refractivity contribution in [2.45, 2.75) is 74.3 Å². The molecule has 0 aliphatic carbocycles. The third-order valence-corrected chi connectivity index (χ3v) is 6.05. The number of carbonyl (C=O) groups excluding carboxylic acids is 1. The molecule has 0 bridgehead atoms. The molecule has 2 heterocycles. The minimum absolute atomic E-state index is 0. The van der Waals surface area contributed by atoms with E-state index >= 15 is 0 Å². The van der Waals surface area contributed by atoms with Crippen LogP contribution in [0.2, 0.25) is 0 Å². The maximum absolute atomic E-state index is 10.7. The predicted molar refractivity (Wildman–Crippen MR) is 113 cm³/mol. The van der Waals surface area contributed by atoms with E-state index in [2.05, 4.69) is 0 Å². The summed E-state index contributed by atoms with van der Waals surface area (Å²) >= 11 is 0. The summed E-state index contributed by atoms with van der Waals surface area (Å²) in [6, 6.07) is 4.55. The Balaban J connectivity index is 0.00000481. The zero-order valence-electron chi connectivity index (χ0n) is 20.3. The van der Waals surface area contributed by atoms with Gasteiger partial charge in [-0.1, -0.05) is 6.07 Å². The summed E-state index contributed by atoms with van der Waals surface area (Å²) in [6.07, 6.45) is -15.8. The Labute approximate surface area is 234 Å². The molecule has 0 radical (unpaired) electrons. The number of ether oxygens (including phenoxy) is 5. The maximum atomic E-state index is 10.7. The number of aliphatic hydroxyl groups is 7. The predicted octanol–water partition coefficient (Wildman–Crippen LogP) is -7.62. The molecule has 2 aliphatic heterocycles. The number of hydrogen-bond donors (Lipinski definition) is 7. The first-order valence-corrected chi connectivity index (χ1v) is 11.2. The van der Waals surface area contributed by atoms with Crippen LogP contribution in [0.25, 0.3) is 0 Å². The second-order valence-electron chi connectivity index (χ2n) is 8.48. The number of hydrogen-bond acceptors (Lipinski definition) is 14. The van der Waals surface area contributed by atoms with E-state index in [9.17, 15) is 45.6 Å². The Bertz CT molecular complexity index is 870. The van der Waals surface area contributed by atoms with Gasteiger partial charge in [-0.05, 0) is 30.5 Å². The van der Waals surface area contributed by atoms with Crippen LogP contribution in [0.3, 0.4) is 0 Å². The van der Waals surface area contributed by atoms with Gasteiger partial charge < -0.3 is 69.3 Å². The topological polar surface area (TPSA) is 228 Å². The third-order valence-electron chi connectivity index (χ3n) is 6.05. The molecule has 15 heteroatoms. The first-order valence-electron chi connectivity index (χ1n) is 11.2. The molecule has 0 unspecified atom stereocenters. The SMILES string of the molecule is COc1cc(CCC(=O)[O-])ccc1O[C@@H]1O[C@H](CO)[C@@H](O[C@@H]2O[C@H](CO)[C@H](O)[C@H](O)[C@H]2O)[C@H](O)[C@H]1O.[Na+]. The first-order chi connectivity index (χ1) is 17.1. The molecule has 0 spiro atoms. The summed E-state index contributed by atoms with van der Waals surface area (Å²) in [6.45, 7) is -1.42. The smallest absolute Gasteiger partial charge is 0.550 e. The monoisotopic (exact) mass is 542 g/mol. The quantitative estimate of drug-likeness (QED) is 0.136. The Morgan fingerprint density at radius 3 is 2.11 bits per heavy atom. The first kappa shape index (κ1) is 32.1. The molecule has 0 aromatic heterocycles. The van der Waals surface area contributed by atoms with Gasteiger partial charge in [0.05, 0.1) is 20.3 Å². The Kier molecular flexibility index (Phi) is 12.4. The fourth-order valence-electron chi connectivity index (χ4n) is 3.99. The molecule has 3 rings (SSSR count). The van der Waals surface area contributed by atoms with Crippen LogP contribution in [0.5, 0.6) is 11.5 Å². The summed E-state index contributed by atoms with van der Waals surface area (Å²) in [5, 5.41) is 81.2. The van der Waals surface area contributed by atoms with E-state index in [0.717, 1.165) is 0 Å². The van der Waals surface area contributed by atoms with Gasteiger partial charge in [0.25, 0.3) is 0 Å². The Hall–Kier alpha value is -1.11. The zero-order valence-corrected chi connectivity index (χ0v) is 22.3. The van der Waals surface area contributed by atoms with Gasteiger partial charge in [0, 0.05) is 5.97 Å².